The topological polar surface area (TPSA) is 69.6 Å². The molecule has 0 radical (unpaired) electrons. The second kappa shape index (κ2) is 3.30. The Morgan fingerprint density at radius 2 is 2.12 bits per heavy atom. The van der Waals surface area contributed by atoms with Gasteiger partial charge in [-0.15, -0.1) is 0 Å². The third-order valence-electron chi connectivity index (χ3n) is 2.32. The minimum absolute atomic E-state index is 0.608. The summed E-state index contributed by atoms with van der Waals surface area (Å²) >= 11 is 0. The third-order valence-corrected chi connectivity index (χ3v) is 2.32. The largest absolute Gasteiger partial charge is 0.397 e. The lowest BCUT2D eigenvalue weighted by molar-refractivity contribution is 0.891. The highest BCUT2D eigenvalue weighted by molar-refractivity contribution is 5.75. The van der Waals surface area contributed by atoms with Crippen LogP contribution in [-0.2, 0) is 0 Å². The summed E-state index contributed by atoms with van der Waals surface area (Å²) in [7, 11) is 0. The lowest BCUT2D eigenvalue weighted by Crippen LogP contribution is -1.99. The van der Waals surface area contributed by atoms with Gasteiger partial charge >= 0.3 is 0 Å². The number of anilines is 1. The second-order valence-corrected chi connectivity index (χ2v) is 3.45. The Kier molecular flexibility index (Phi) is 1.83. The summed E-state index contributed by atoms with van der Waals surface area (Å²) in [4.78, 5) is 8.31. The van der Waals surface area contributed by atoms with E-state index in [1.807, 2.05) is 18.2 Å². The monoisotopic (exact) mass is 211 g/mol. The van der Waals surface area contributed by atoms with E-state index < -0.39 is 0 Å². The van der Waals surface area contributed by atoms with Crippen molar-refractivity contribution < 1.29 is 0 Å². The van der Waals surface area contributed by atoms with Crippen LogP contribution in [0.3, 0.4) is 0 Å². The first kappa shape index (κ1) is 8.84. The van der Waals surface area contributed by atoms with Crippen molar-refractivity contribution in [2.75, 3.05) is 5.73 Å². The Labute approximate surface area is 91.6 Å². The van der Waals surface area contributed by atoms with Crippen LogP contribution in [0, 0.1) is 0 Å². The highest BCUT2D eigenvalue weighted by Crippen LogP contribution is 2.16. The Hall–Kier alpha value is -2.43. The van der Waals surface area contributed by atoms with Crippen LogP contribution in [0.4, 0.5) is 5.69 Å². The summed E-state index contributed by atoms with van der Waals surface area (Å²) in [5.74, 6) is 0. The number of rotatable bonds is 1. The summed E-state index contributed by atoms with van der Waals surface area (Å²) in [6.45, 7) is 0. The molecule has 0 spiro atoms. The summed E-state index contributed by atoms with van der Waals surface area (Å²) < 4.78 is 1.72. The van der Waals surface area contributed by atoms with Crippen LogP contribution >= 0.6 is 0 Å². The fourth-order valence-electron chi connectivity index (χ4n) is 1.61. The number of nitrogen functional groups attached to an aromatic ring is 1. The van der Waals surface area contributed by atoms with E-state index in [1.54, 1.807) is 29.5 Å². The second-order valence-electron chi connectivity index (χ2n) is 3.45. The summed E-state index contributed by atoms with van der Waals surface area (Å²) in [5.41, 5.74) is 7.91. The van der Waals surface area contributed by atoms with Gasteiger partial charge in [-0.25, -0.2) is 9.67 Å². The quantitative estimate of drug-likeness (QED) is 0.660. The van der Waals surface area contributed by atoms with Crippen molar-refractivity contribution in [2.24, 2.45) is 0 Å². The molecule has 3 aromatic rings. The molecule has 5 nitrogen and oxygen atoms in total. The molecule has 3 aromatic heterocycles. The van der Waals surface area contributed by atoms with Crippen molar-refractivity contribution in [3.05, 3.63) is 43.0 Å². The maximum absolute atomic E-state index is 5.68. The van der Waals surface area contributed by atoms with Crippen molar-refractivity contribution in [1.82, 2.24) is 19.7 Å². The number of nitrogens with zero attached hydrogens (tertiary/aromatic N) is 4. The molecule has 0 aliphatic heterocycles. The zero-order valence-corrected chi connectivity index (χ0v) is 8.41. The van der Waals surface area contributed by atoms with Gasteiger partial charge in [0, 0.05) is 17.8 Å². The summed E-state index contributed by atoms with van der Waals surface area (Å²) in [6, 6.07) is 5.66. The molecule has 0 amide bonds. The molecule has 5 heteroatoms. The fraction of sp³-hybridized carbons (Fsp3) is 0. The fourth-order valence-corrected chi connectivity index (χ4v) is 1.61. The van der Waals surface area contributed by atoms with Crippen LogP contribution in [0.25, 0.3) is 16.7 Å². The number of aromatic nitrogens is 4. The molecule has 0 aromatic carbocycles. The van der Waals surface area contributed by atoms with Gasteiger partial charge in [-0.2, -0.15) is 5.10 Å². The van der Waals surface area contributed by atoms with Crippen molar-refractivity contribution in [3.63, 3.8) is 0 Å². The molecule has 78 valence electrons. The van der Waals surface area contributed by atoms with Crippen LogP contribution in [0.1, 0.15) is 0 Å². The smallest absolute Gasteiger partial charge is 0.162 e. The molecule has 0 aliphatic carbocycles. The van der Waals surface area contributed by atoms with E-state index in [-0.39, 0.29) is 0 Å². The maximum Gasteiger partial charge on any atom is 0.162 e. The van der Waals surface area contributed by atoms with Gasteiger partial charge in [0.15, 0.2) is 5.65 Å². The zero-order chi connectivity index (χ0) is 11.0. The predicted molar refractivity (Wildman–Crippen MR) is 61.1 cm³/mol. The molecule has 2 N–H and O–H groups in total. The number of fused-ring (bicyclic) bond motifs is 1. The molecule has 0 fully saturated rings. The maximum atomic E-state index is 5.68. The Morgan fingerprint density at radius 1 is 1.19 bits per heavy atom. The van der Waals surface area contributed by atoms with Crippen LogP contribution in [0.2, 0.25) is 0 Å². The molecule has 3 rings (SSSR count). The number of hydrogen-bond donors (Lipinski definition) is 1. The average molecular weight is 211 g/mol. The first-order valence-corrected chi connectivity index (χ1v) is 4.84. The normalized spacial score (nSPS) is 10.8. The molecule has 0 bridgehead atoms. The van der Waals surface area contributed by atoms with E-state index in [0.717, 1.165) is 16.7 Å². The molecule has 0 saturated heterocycles. The number of nitrogens with two attached hydrogens (primary N) is 1. The molecule has 0 atom stereocenters. The molecular weight excluding hydrogens is 202 g/mol. The standard InChI is InChI=1S/C11H9N5/c12-9-4-10(7-13-6-9)16-11-8(5-15-16)2-1-3-14-11/h1-7H,12H2. The lowest BCUT2D eigenvalue weighted by atomic mass is 10.3. The van der Waals surface area contributed by atoms with Crippen LogP contribution in [0.15, 0.2) is 43.0 Å². The van der Waals surface area contributed by atoms with E-state index in [1.165, 1.54) is 0 Å². The Morgan fingerprint density at radius 3 is 3.00 bits per heavy atom. The van der Waals surface area contributed by atoms with Gasteiger partial charge in [-0.3, -0.25) is 4.98 Å². The van der Waals surface area contributed by atoms with Crippen LogP contribution in [-0.4, -0.2) is 19.7 Å². The van der Waals surface area contributed by atoms with Crippen LogP contribution < -0.4 is 5.73 Å². The summed E-state index contributed by atoms with van der Waals surface area (Å²) in [6.07, 6.45) is 6.81. The Bertz CT molecular complexity index is 643. The van der Waals surface area contributed by atoms with E-state index in [4.69, 9.17) is 5.73 Å². The van der Waals surface area contributed by atoms with Gasteiger partial charge in [0.1, 0.15) is 0 Å². The van der Waals surface area contributed by atoms with Gasteiger partial charge in [-0.05, 0) is 18.2 Å². The van der Waals surface area contributed by atoms with Gasteiger partial charge in [0.25, 0.3) is 0 Å². The van der Waals surface area contributed by atoms with Crippen molar-refractivity contribution in [1.29, 1.82) is 0 Å². The lowest BCUT2D eigenvalue weighted by Gasteiger charge is -2.02. The van der Waals surface area contributed by atoms with Crippen molar-refractivity contribution in [3.8, 4) is 5.69 Å². The first-order valence-electron chi connectivity index (χ1n) is 4.84. The van der Waals surface area contributed by atoms with Gasteiger partial charge in [-0.1, -0.05) is 0 Å². The molecule has 16 heavy (non-hydrogen) atoms. The molecular formula is C11H9N5. The van der Waals surface area contributed by atoms with Gasteiger partial charge in [0.2, 0.25) is 0 Å². The molecule has 0 aliphatic rings. The minimum Gasteiger partial charge on any atom is -0.397 e. The van der Waals surface area contributed by atoms with E-state index in [9.17, 15) is 0 Å². The van der Waals surface area contributed by atoms with E-state index in [0.29, 0.717) is 5.69 Å². The summed E-state index contributed by atoms with van der Waals surface area (Å²) in [5, 5.41) is 5.26. The zero-order valence-electron chi connectivity index (χ0n) is 8.41. The molecule has 0 saturated carbocycles. The van der Waals surface area contributed by atoms with E-state index >= 15 is 0 Å². The highest BCUT2D eigenvalue weighted by atomic mass is 15.3. The highest BCUT2D eigenvalue weighted by Gasteiger charge is 2.05. The van der Waals surface area contributed by atoms with Crippen molar-refractivity contribution >= 4 is 16.7 Å². The SMILES string of the molecule is Nc1cncc(-n2ncc3cccnc32)c1. The van der Waals surface area contributed by atoms with Gasteiger partial charge < -0.3 is 5.73 Å². The third kappa shape index (κ3) is 1.30. The first-order chi connectivity index (χ1) is 7.84. The predicted octanol–water partition coefficient (Wildman–Crippen LogP) is 1.40. The van der Waals surface area contributed by atoms with E-state index in [2.05, 4.69) is 15.1 Å². The molecule has 3 heterocycles. The minimum atomic E-state index is 0.608. The van der Waals surface area contributed by atoms with Crippen molar-refractivity contribution in [2.45, 2.75) is 0 Å². The Balaban J connectivity index is 2.26. The molecule has 0 unspecified atom stereocenters. The average Bonchev–Trinajstić information content (AvgIpc) is 2.72. The van der Waals surface area contributed by atoms with Gasteiger partial charge in [0.05, 0.1) is 23.8 Å². The number of pyridine rings is 2. The number of hydrogen-bond acceptors (Lipinski definition) is 4. The van der Waals surface area contributed by atoms with Crippen LogP contribution in [0.5, 0.6) is 0 Å².